The number of hydrogen-bond acceptors (Lipinski definition) is 6. The lowest BCUT2D eigenvalue weighted by molar-refractivity contribution is -0.384. The van der Waals surface area contributed by atoms with Crippen molar-refractivity contribution in [1.82, 2.24) is 10.3 Å². The van der Waals surface area contributed by atoms with Crippen molar-refractivity contribution in [2.75, 3.05) is 23.7 Å². The number of carbonyl (C=O) groups excluding carboxylic acids is 1. The predicted octanol–water partition coefficient (Wildman–Crippen LogP) is 0.287. The number of aromatic nitrogens is 1. The number of amides is 1. The van der Waals surface area contributed by atoms with Gasteiger partial charge in [0.25, 0.3) is 0 Å². The first kappa shape index (κ1) is 13.1. The minimum Gasteiger partial charge on any atom is -0.378 e. The fourth-order valence-corrected chi connectivity index (χ4v) is 2.06. The van der Waals surface area contributed by atoms with Crippen LogP contribution in [0.15, 0.2) is 12.1 Å². The standard InChI is InChI=1S/C11H15N5O3/c1-11(2)10(17)13-5-6-15(11)8-4-3-7(16(18)19)9(12)14-8/h3-4H,5-6H2,1-2H3,(H2,12,14)(H,13,17). The predicted molar refractivity (Wildman–Crippen MR) is 69.7 cm³/mol. The number of carbonyl (C=O) groups is 1. The van der Waals surface area contributed by atoms with Crippen LogP contribution in [0.25, 0.3) is 0 Å². The quantitative estimate of drug-likeness (QED) is 0.586. The Bertz CT molecular complexity index is 543. The average Bonchev–Trinajstić information content (AvgIpc) is 2.32. The lowest BCUT2D eigenvalue weighted by Gasteiger charge is -2.41. The van der Waals surface area contributed by atoms with Crippen LogP contribution in [0, 0.1) is 10.1 Å². The monoisotopic (exact) mass is 265 g/mol. The van der Waals surface area contributed by atoms with Gasteiger partial charge in [0.05, 0.1) is 4.92 Å². The van der Waals surface area contributed by atoms with E-state index in [-0.39, 0.29) is 17.4 Å². The lowest BCUT2D eigenvalue weighted by Crippen LogP contribution is -2.62. The van der Waals surface area contributed by atoms with Crippen molar-refractivity contribution < 1.29 is 9.72 Å². The van der Waals surface area contributed by atoms with Gasteiger partial charge in [-0.05, 0) is 19.9 Å². The highest BCUT2D eigenvalue weighted by Gasteiger charge is 2.38. The Morgan fingerprint density at radius 1 is 1.53 bits per heavy atom. The van der Waals surface area contributed by atoms with E-state index < -0.39 is 10.5 Å². The smallest absolute Gasteiger partial charge is 0.311 e. The molecule has 1 aromatic heterocycles. The molecule has 19 heavy (non-hydrogen) atoms. The summed E-state index contributed by atoms with van der Waals surface area (Å²) in [6.45, 7) is 4.60. The third-order valence-corrected chi connectivity index (χ3v) is 3.21. The van der Waals surface area contributed by atoms with E-state index in [4.69, 9.17) is 5.73 Å². The highest BCUT2D eigenvalue weighted by molar-refractivity contribution is 5.90. The number of nitrogens with one attached hydrogen (secondary N) is 1. The molecule has 8 nitrogen and oxygen atoms in total. The Balaban J connectivity index is 2.39. The van der Waals surface area contributed by atoms with Crippen LogP contribution >= 0.6 is 0 Å². The minimum absolute atomic E-state index is 0.113. The minimum atomic E-state index is -0.770. The molecule has 1 aliphatic heterocycles. The van der Waals surface area contributed by atoms with Crippen molar-refractivity contribution in [3.8, 4) is 0 Å². The second-order valence-electron chi connectivity index (χ2n) is 4.80. The molecule has 1 fully saturated rings. The van der Waals surface area contributed by atoms with E-state index in [1.807, 2.05) is 0 Å². The number of hydrogen-bond donors (Lipinski definition) is 2. The summed E-state index contributed by atoms with van der Waals surface area (Å²) in [5.41, 5.74) is 4.57. The average molecular weight is 265 g/mol. The van der Waals surface area contributed by atoms with Gasteiger partial charge in [-0.1, -0.05) is 0 Å². The van der Waals surface area contributed by atoms with Crippen LogP contribution in [0.5, 0.6) is 0 Å². The molecule has 0 unspecified atom stereocenters. The number of anilines is 2. The normalized spacial score (nSPS) is 18.0. The molecule has 8 heteroatoms. The molecule has 1 saturated heterocycles. The zero-order valence-electron chi connectivity index (χ0n) is 10.7. The molecular formula is C11H15N5O3. The Labute approximate surface area is 109 Å². The molecule has 1 aliphatic rings. The van der Waals surface area contributed by atoms with Crippen LogP contribution in [-0.4, -0.2) is 34.4 Å². The first-order valence-corrected chi connectivity index (χ1v) is 5.81. The SMILES string of the molecule is CC1(C)C(=O)NCCN1c1ccc([N+](=O)[O-])c(N)n1. The summed E-state index contributed by atoms with van der Waals surface area (Å²) < 4.78 is 0. The molecule has 0 saturated carbocycles. The Morgan fingerprint density at radius 2 is 2.21 bits per heavy atom. The molecule has 0 aromatic carbocycles. The fourth-order valence-electron chi connectivity index (χ4n) is 2.06. The van der Waals surface area contributed by atoms with E-state index in [1.54, 1.807) is 18.7 Å². The van der Waals surface area contributed by atoms with Gasteiger partial charge >= 0.3 is 5.69 Å². The van der Waals surface area contributed by atoms with Crippen molar-refractivity contribution in [3.63, 3.8) is 0 Å². The first-order valence-electron chi connectivity index (χ1n) is 5.81. The number of rotatable bonds is 2. The van der Waals surface area contributed by atoms with Gasteiger partial charge in [-0.2, -0.15) is 0 Å². The van der Waals surface area contributed by atoms with Crippen LogP contribution in [0.2, 0.25) is 0 Å². The molecule has 0 atom stereocenters. The summed E-state index contributed by atoms with van der Waals surface area (Å²) >= 11 is 0. The highest BCUT2D eigenvalue weighted by Crippen LogP contribution is 2.28. The van der Waals surface area contributed by atoms with Gasteiger partial charge < -0.3 is 16.0 Å². The molecule has 1 aromatic rings. The molecule has 0 spiro atoms. The number of nitrogens with two attached hydrogens (primary N) is 1. The summed E-state index contributed by atoms with van der Waals surface area (Å²) in [5, 5.41) is 13.5. The van der Waals surface area contributed by atoms with Gasteiger partial charge in [0.15, 0.2) is 0 Å². The summed E-state index contributed by atoms with van der Waals surface area (Å²) in [4.78, 5) is 27.8. The van der Waals surface area contributed by atoms with Crippen LogP contribution in [-0.2, 0) is 4.79 Å². The molecule has 2 rings (SSSR count). The third-order valence-electron chi connectivity index (χ3n) is 3.21. The van der Waals surface area contributed by atoms with Gasteiger partial charge in [0.1, 0.15) is 11.4 Å². The fraction of sp³-hybridized carbons (Fsp3) is 0.455. The van der Waals surface area contributed by atoms with Crippen molar-refractivity contribution in [2.24, 2.45) is 0 Å². The van der Waals surface area contributed by atoms with Gasteiger partial charge in [-0.25, -0.2) is 4.98 Å². The lowest BCUT2D eigenvalue weighted by atomic mass is 9.99. The van der Waals surface area contributed by atoms with E-state index >= 15 is 0 Å². The zero-order chi connectivity index (χ0) is 14.2. The second-order valence-corrected chi connectivity index (χ2v) is 4.80. The maximum atomic E-state index is 11.8. The maximum absolute atomic E-state index is 11.8. The third kappa shape index (κ3) is 2.16. The summed E-state index contributed by atoms with van der Waals surface area (Å²) in [6, 6.07) is 2.81. The Morgan fingerprint density at radius 3 is 2.79 bits per heavy atom. The van der Waals surface area contributed by atoms with Crippen molar-refractivity contribution in [2.45, 2.75) is 19.4 Å². The Hall–Kier alpha value is -2.38. The van der Waals surface area contributed by atoms with Crippen LogP contribution in [0.4, 0.5) is 17.3 Å². The molecule has 3 N–H and O–H groups in total. The summed E-state index contributed by atoms with van der Waals surface area (Å²) in [6.07, 6.45) is 0. The molecule has 2 heterocycles. The molecule has 0 bridgehead atoms. The summed E-state index contributed by atoms with van der Waals surface area (Å²) in [7, 11) is 0. The number of piperazine rings is 1. The topological polar surface area (TPSA) is 114 Å². The number of nitro groups is 1. The van der Waals surface area contributed by atoms with E-state index in [0.29, 0.717) is 18.9 Å². The first-order chi connectivity index (χ1) is 8.84. The van der Waals surface area contributed by atoms with Crippen LogP contribution < -0.4 is 16.0 Å². The van der Waals surface area contributed by atoms with Crippen molar-refractivity contribution >= 4 is 23.2 Å². The van der Waals surface area contributed by atoms with Crippen molar-refractivity contribution in [1.29, 1.82) is 0 Å². The number of pyridine rings is 1. The van der Waals surface area contributed by atoms with Crippen LogP contribution in [0.3, 0.4) is 0 Å². The number of nitrogens with zero attached hydrogens (tertiary/aromatic N) is 3. The van der Waals surface area contributed by atoms with Gasteiger partial charge in [0, 0.05) is 19.2 Å². The largest absolute Gasteiger partial charge is 0.378 e. The zero-order valence-corrected chi connectivity index (χ0v) is 10.7. The van der Waals surface area contributed by atoms with E-state index in [1.165, 1.54) is 12.1 Å². The molecule has 0 aliphatic carbocycles. The van der Waals surface area contributed by atoms with Gasteiger partial charge in [-0.3, -0.25) is 14.9 Å². The van der Waals surface area contributed by atoms with E-state index in [9.17, 15) is 14.9 Å². The highest BCUT2D eigenvalue weighted by atomic mass is 16.6. The molecule has 1 amide bonds. The van der Waals surface area contributed by atoms with Gasteiger partial charge in [-0.15, -0.1) is 0 Å². The van der Waals surface area contributed by atoms with Crippen molar-refractivity contribution in [3.05, 3.63) is 22.2 Å². The van der Waals surface area contributed by atoms with E-state index in [2.05, 4.69) is 10.3 Å². The molecule has 102 valence electrons. The number of nitrogen functional groups attached to an aromatic ring is 1. The van der Waals surface area contributed by atoms with Crippen LogP contribution in [0.1, 0.15) is 13.8 Å². The molecular weight excluding hydrogens is 250 g/mol. The second kappa shape index (κ2) is 4.38. The molecule has 0 radical (unpaired) electrons. The summed E-state index contributed by atoms with van der Waals surface area (Å²) in [5.74, 6) is 0.199. The maximum Gasteiger partial charge on any atom is 0.311 e. The Kier molecular flexibility index (Phi) is 3.01. The van der Waals surface area contributed by atoms with E-state index in [0.717, 1.165) is 0 Å². The van der Waals surface area contributed by atoms with Gasteiger partial charge in [0.2, 0.25) is 11.7 Å².